The SMILES string of the molecule is C=C1C=C(c2ccc3c(c2)c2cc(-c4ccc5c(c4)C4C=CC=CC4C4=C5CCC=C4)ccc2n3-c2ccc3c(c2)C(C)(C)c2c#cc4c5c(oc4c2-3)C=CCC5)C=CC1. The van der Waals surface area contributed by atoms with Crippen molar-refractivity contribution in [3.63, 3.8) is 0 Å². The highest BCUT2D eigenvalue weighted by Gasteiger charge is 2.39. The molecule has 2 heterocycles. The molecule has 5 aromatic carbocycles. The van der Waals surface area contributed by atoms with Crippen LogP contribution in [0, 0.1) is 18.1 Å². The molecule has 0 fully saturated rings. The Hall–Kier alpha value is -6.82. The molecule has 0 N–H and O–H groups in total. The van der Waals surface area contributed by atoms with Gasteiger partial charge in [-0.15, -0.1) is 0 Å². The highest BCUT2D eigenvalue weighted by molar-refractivity contribution is 6.12. The predicted octanol–water partition coefficient (Wildman–Crippen LogP) is 14.9. The molecule has 6 aliphatic rings. The summed E-state index contributed by atoms with van der Waals surface area (Å²) in [5.41, 5.74) is 22.3. The van der Waals surface area contributed by atoms with Crippen molar-refractivity contribution < 1.29 is 4.42 Å². The quantitative estimate of drug-likeness (QED) is 0.175. The molecular weight excluding hydrogens is 727 g/mol. The van der Waals surface area contributed by atoms with Crippen LogP contribution in [0.15, 0.2) is 156 Å². The van der Waals surface area contributed by atoms with Crippen LogP contribution in [0.1, 0.15) is 84.6 Å². The van der Waals surface area contributed by atoms with Gasteiger partial charge in [0.2, 0.25) is 0 Å². The summed E-state index contributed by atoms with van der Waals surface area (Å²) in [5.74, 6) is 1.72. The molecule has 2 aromatic heterocycles. The second-order valence-electron chi connectivity index (χ2n) is 18.1. The van der Waals surface area contributed by atoms with E-state index in [-0.39, 0.29) is 5.41 Å². The number of benzene rings is 4. The maximum absolute atomic E-state index is 6.63. The van der Waals surface area contributed by atoms with Crippen molar-refractivity contribution in [2.24, 2.45) is 5.92 Å². The lowest BCUT2D eigenvalue weighted by atomic mass is 9.67. The van der Waals surface area contributed by atoms with E-state index in [1.54, 1.807) is 0 Å². The number of furan rings is 1. The zero-order valence-electron chi connectivity index (χ0n) is 34.0. The molecule has 2 atom stereocenters. The van der Waals surface area contributed by atoms with Crippen LogP contribution in [0.5, 0.6) is 0 Å². The smallest absolute Gasteiger partial charge is 0.152 e. The van der Waals surface area contributed by atoms with E-state index < -0.39 is 0 Å². The fourth-order valence-corrected chi connectivity index (χ4v) is 11.4. The molecule has 2 nitrogen and oxygen atoms in total. The molecule has 0 saturated heterocycles. The lowest BCUT2D eigenvalue weighted by Crippen LogP contribution is -2.21. The van der Waals surface area contributed by atoms with Gasteiger partial charge in [0.05, 0.1) is 16.4 Å². The summed E-state index contributed by atoms with van der Waals surface area (Å²) in [7, 11) is 0. The first-order valence-corrected chi connectivity index (χ1v) is 21.7. The molecule has 0 bridgehead atoms. The average Bonchev–Trinajstić information content (AvgIpc) is 3.91. The number of rotatable bonds is 3. The van der Waals surface area contributed by atoms with Crippen LogP contribution in [0.2, 0.25) is 0 Å². The van der Waals surface area contributed by atoms with E-state index in [1.165, 1.54) is 88.6 Å². The summed E-state index contributed by atoms with van der Waals surface area (Å²) in [4.78, 5) is 0. The standard InChI is InChI=1S/C58H43NO/c1-34-11-10-12-35(29-34)37-20-27-53-49(31-37)50-32-38(36-19-23-44-42-15-5-4-13-40(42)41-14-6-7-16-43(41)48(44)30-36)21-28-54(50)59(53)39-22-24-47-52(33-39)58(2,3)51-26-25-46-45-17-8-9-18-55(45)60-57(46)56(47)51/h4,6-7,9-10,12-14,16,18-24,27-33,41,43H,1,5,8,11,15,17H2,2-3H3. The Labute approximate surface area is 351 Å². The molecule has 286 valence electrons. The Bertz CT molecular complexity index is 3330. The van der Waals surface area contributed by atoms with Crippen LogP contribution >= 0.6 is 0 Å². The van der Waals surface area contributed by atoms with E-state index in [9.17, 15) is 0 Å². The predicted molar refractivity (Wildman–Crippen MR) is 249 cm³/mol. The Morgan fingerprint density at radius 1 is 0.733 bits per heavy atom. The number of aromatic nitrogens is 1. The third-order valence-electron chi connectivity index (χ3n) is 14.4. The maximum Gasteiger partial charge on any atom is 0.152 e. The summed E-state index contributed by atoms with van der Waals surface area (Å²) < 4.78 is 9.10. The number of hydrogen-bond donors (Lipinski definition) is 0. The minimum absolute atomic E-state index is 0.269. The second kappa shape index (κ2) is 12.4. The zero-order chi connectivity index (χ0) is 39.9. The van der Waals surface area contributed by atoms with Crippen LogP contribution in [0.3, 0.4) is 0 Å². The third kappa shape index (κ3) is 4.72. The first kappa shape index (κ1) is 34.1. The van der Waals surface area contributed by atoms with Crippen molar-refractivity contribution >= 4 is 50.0 Å². The first-order chi connectivity index (χ1) is 29.4. The number of allylic oxidation sites excluding steroid dienone is 14. The van der Waals surface area contributed by atoms with E-state index in [2.05, 4.69) is 177 Å². The number of hydrogen-bond acceptors (Lipinski definition) is 1. The Morgan fingerprint density at radius 3 is 2.35 bits per heavy atom. The molecule has 6 aliphatic carbocycles. The molecule has 0 aliphatic heterocycles. The molecule has 7 aromatic rings. The van der Waals surface area contributed by atoms with Crippen molar-refractivity contribution in [1.29, 1.82) is 0 Å². The van der Waals surface area contributed by atoms with Crippen LogP contribution < -0.4 is 0 Å². The van der Waals surface area contributed by atoms with Gasteiger partial charge in [0.25, 0.3) is 0 Å². The van der Waals surface area contributed by atoms with Crippen LogP contribution in [-0.4, -0.2) is 4.57 Å². The van der Waals surface area contributed by atoms with Gasteiger partial charge in [-0.2, -0.15) is 0 Å². The number of nitrogens with zero attached hydrogens (tertiary/aromatic N) is 1. The van der Waals surface area contributed by atoms with Crippen molar-refractivity contribution in [1.82, 2.24) is 4.57 Å². The molecule has 0 radical (unpaired) electrons. The molecular formula is C58H43NO. The van der Waals surface area contributed by atoms with Gasteiger partial charge in [0.15, 0.2) is 5.58 Å². The van der Waals surface area contributed by atoms with E-state index in [1.807, 2.05) is 0 Å². The molecule has 0 amide bonds. The van der Waals surface area contributed by atoms with Gasteiger partial charge in [-0.05, 0) is 136 Å². The van der Waals surface area contributed by atoms with Gasteiger partial charge >= 0.3 is 0 Å². The highest BCUT2D eigenvalue weighted by atomic mass is 16.3. The van der Waals surface area contributed by atoms with E-state index in [0.29, 0.717) is 11.8 Å². The van der Waals surface area contributed by atoms with E-state index in [4.69, 9.17) is 4.42 Å². The van der Waals surface area contributed by atoms with Crippen molar-refractivity contribution in [2.75, 3.05) is 0 Å². The fourth-order valence-electron chi connectivity index (χ4n) is 11.4. The third-order valence-corrected chi connectivity index (χ3v) is 14.4. The lowest BCUT2D eigenvalue weighted by Gasteiger charge is -2.36. The minimum atomic E-state index is -0.269. The number of fused-ring (bicyclic) bond motifs is 15. The summed E-state index contributed by atoms with van der Waals surface area (Å²) in [5, 5.41) is 3.59. The fraction of sp³-hybridized carbons (Fsp3) is 0.172. The lowest BCUT2D eigenvalue weighted by molar-refractivity contribution is 0.595. The van der Waals surface area contributed by atoms with E-state index >= 15 is 0 Å². The summed E-state index contributed by atoms with van der Waals surface area (Å²) in [6, 6.07) is 35.6. The first-order valence-electron chi connectivity index (χ1n) is 21.7. The topological polar surface area (TPSA) is 18.1 Å². The second-order valence-corrected chi connectivity index (χ2v) is 18.1. The molecule has 0 spiro atoms. The Kier molecular flexibility index (Phi) is 7.02. The summed E-state index contributed by atoms with van der Waals surface area (Å²) in [6.45, 7) is 8.95. The highest BCUT2D eigenvalue weighted by Crippen LogP contribution is 2.53. The zero-order valence-corrected chi connectivity index (χ0v) is 34.0. The molecule has 60 heavy (non-hydrogen) atoms. The summed E-state index contributed by atoms with van der Waals surface area (Å²) >= 11 is 0. The van der Waals surface area contributed by atoms with E-state index in [0.717, 1.165) is 65.7 Å². The van der Waals surface area contributed by atoms with Crippen LogP contribution in [0.25, 0.3) is 77.9 Å². The van der Waals surface area contributed by atoms with Crippen LogP contribution in [0.4, 0.5) is 0 Å². The normalized spacial score (nSPS) is 20.2. The van der Waals surface area contributed by atoms with Gasteiger partial charge < -0.3 is 8.98 Å². The monoisotopic (exact) mass is 769 g/mol. The molecule has 2 heteroatoms. The summed E-state index contributed by atoms with van der Waals surface area (Å²) in [6.07, 6.45) is 30.2. The van der Waals surface area contributed by atoms with Gasteiger partial charge in [-0.25, -0.2) is 0 Å². The van der Waals surface area contributed by atoms with Crippen molar-refractivity contribution in [2.45, 2.75) is 57.3 Å². The van der Waals surface area contributed by atoms with Crippen molar-refractivity contribution in [3.05, 3.63) is 203 Å². The Morgan fingerprint density at radius 2 is 1.48 bits per heavy atom. The molecule has 13 rings (SSSR count). The average molecular weight is 770 g/mol. The minimum Gasteiger partial charge on any atom is -0.455 e. The molecule has 2 unspecified atom stereocenters. The maximum atomic E-state index is 6.63. The molecule has 0 saturated carbocycles. The Balaban J connectivity index is 0.993. The van der Waals surface area contributed by atoms with Gasteiger partial charge in [-0.3, -0.25) is 0 Å². The largest absolute Gasteiger partial charge is 0.455 e. The van der Waals surface area contributed by atoms with Crippen LogP contribution in [-0.2, 0) is 11.8 Å². The van der Waals surface area contributed by atoms with Crippen molar-refractivity contribution in [3.8, 4) is 27.9 Å². The number of aryl methyl sites for hydroxylation is 1. The van der Waals surface area contributed by atoms with Gasteiger partial charge in [0.1, 0.15) is 5.76 Å². The van der Waals surface area contributed by atoms with Gasteiger partial charge in [0, 0.05) is 50.4 Å². The van der Waals surface area contributed by atoms with Gasteiger partial charge in [-0.1, -0.05) is 129 Å².